The van der Waals surface area contributed by atoms with Crippen LogP contribution >= 0.6 is 0 Å². The predicted molar refractivity (Wildman–Crippen MR) is 107 cm³/mol. The second-order valence-electron chi connectivity index (χ2n) is 8.01. The standard InChI is InChI=1S/C21H32N2O3S/c1-17-12-13-18(21(24)22(2)19-10-6-3-4-7-11-19)16-20(17)27(25,26)23-14-8-5-9-15-23/h12-13,16,19H,3-11,14-15H2,1-2H3. The van der Waals surface area contributed by atoms with E-state index in [0.717, 1.165) is 44.9 Å². The first kappa shape index (κ1) is 20.3. The number of nitrogens with zero attached hydrogens (tertiary/aromatic N) is 2. The number of amides is 1. The minimum Gasteiger partial charge on any atom is -0.339 e. The summed E-state index contributed by atoms with van der Waals surface area (Å²) in [7, 11) is -1.68. The molecule has 150 valence electrons. The molecule has 1 saturated carbocycles. The lowest BCUT2D eigenvalue weighted by molar-refractivity contribution is 0.0717. The molecule has 1 saturated heterocycles. The van der Waals surface area contributed by atoms with Crippen molar-refractivity contribution in [1.29, 1.82) is 0 Å². The summed E-state index contributed by atoms with van der Waals surface area (Å²) in [5.41, 5.74) is 1.18. The molecule has 1 amide bonds. The monoisotopic (exact) mass is 392 g/mol. The zero-order valence-corrected chi connectivity index (χ0v) is 17.4. The fraction of sp³-hybridized carbons (Fsp3) is 0.667. The molecule has 1 heterocycles. The Hall–Kier alpha value is -1.40. The molecule has 2 fully saturated rings. The van der Waals surface area contributed by atoms with Gasteiger partial charge in [0, 0.05) is 31.7 Å². The van der Waals surface area contributed by atoms with Gasteiger partial charge >= 0.3 is 0 Å². The Morgan fingerprint density at radius 2 is 1.59 bits per heavy atom. The highest BCUT2D eigenvalue weighted by Gasteiger charge is 2.29. The Bertz CT molecular complexity index is 762. The maximum Gasteiger partial charge on any atom is 0.253 e. The molecule has 2 aliphatic rings. The number of hydrogen-bond donors (Lipinski definition) is 0. The summed E-state index contributed by atoms with van der Waals surface area (Å²) >= 11 is 0. The predicted octanol–water partition coefficient (Wildman–Crippen LogP) is 3.96. The van der Waals surface area contributed by atoms with Crippen LogP contribution in [0.5, 0.6) is 0 Å². The molecule has 1 aliphatic heterocycles. The summed E-state index contributed by atoms with van der Waals surface area (Å²) in [5.74, 6) is -0.0722. The van der Waals surface area contributed by atoms with Crippen LogP contribution in [0.3, 0.4) is 0 Å². The van der Waals surface area contributed by atoms with Crippen LogP contribution in [0.4, 0.5) is 0 Å². The van der Waals surface area contributed by atoms with E-state index in [1.807, 2.05) is 11.9 Å². The van der Waals surface area contributed by atoms with E-state index < -0.39 is 10.0 Å². The van der Waals surface area contributed by atoms with E-state index in [1.165, 1.54) is 12.8 Å². The van der Waals surface area contributed by atoms with Crippen molar-refractivity contribution in [3.63, 3.8) is 0 Å². The third-order valence-electron chi connectivity index (χ3n) is 6.06. The minimum absolute atomic E-state index is 0.0722. The SMILES string of the molecule is Cc1ccc(C(=O)N(C)C2CCCCCC2)cc1S(=O)(=O)N1CCCCC1. The largest absolute Gasteiger partial charge is 0.339 e. The van der Waals surface area contributed by atoms with E-state index in [-0.39, 0.29) is 16.8 Å². The van der Waals surface area contributed by atoms with Gasteiger partial charge in [0.1, 0.15) is 0 Å². The third kappa shape index (κ3) is 4.54. The number of carbonyl (C=O) groups is 1. The van der Waals surface area contributed by atoms with Gasteiger partial charge in [0.25, 0.3) is 5.91 Å². The van der Waals surface area contributed by atoms with Crippen LogP contribution in [0, 0.1) is 6.92 Å². The second-order valence-corrected chi connectivity index (χ2v) is 9.91. The topological polar surface area (TPSA) is 57.7 Å². The summed E-state index contributed by atoms with van der Waals surface area (Å²) < 4.78 is 27.8. The van der Waals surface area contributed by atoms with Gasteiger partial charge < -0.3 is 4.90 Å². The summed E-state index contributed by atoms with van der Waals surface area (Å²) in [4.78, 5) is 15.1. The molecule has 6 heteroatoms. The van der Waals surface area contributed by atoms with E-state index in [4.69, 9.17) is 0 Å². The van der Waals surface area contributed by atoms with Crippen LogP contribution in [0.15, 0.2) is 23.1 Å². The Morgan fingerprint density at radius 3 is 2.22 bits per heavy atom. The highest BCUT2D eigenvalue weighted by molar-refractivity contribution is 7.89. The van der Waals surface area contributed by atoms with E-state index in [9.17, 15) is 13.2 Å². The molecule has 0 spiro atoms. The normalized spacial score (nSPS) is 20.2. The smallest absolute Gasteiger partial charge is 0.253 e. The molecule has 1 aromatic rings. The van der Waals surface area contributed by atoms with Gasteiger partial charge in [-0.05, 0) is 50.3 Å². The van der Waals surface area contributed by atoms with E-state index in [1.54, 1.807) is 29.4 Å². The molecule has 3 rings (SSSR count). The number of carbonyl (C=O) groups excluding carboxylic acids is 1. The Morgan fingerprint density at radius 1 is 1.00 bits per heavy atom. The summed E-state index contributed by atoms with van der Waals surface area (Å²) in [6.45, 7) is 2.95. The van der Waals surface area contributed by atoms with Crippen molar-refractivity contribution in [3.8, 4) is 0 Å². The van der Waals surface area contributed by atoms with Gasteiger partial charge in [0.05, 0.1) is 4.90 Å². The quantitative estimate of drug-likeness (QED) is 0.729. The van der Waals surface area contributed by atoms with E-state index in [0.29, 0.717) is 24.2 Å². The lowest BCUT2D eigenvalue weighted by atomic mass is 10.1. The fourth-order valence-corrected chi connectivity index (χ4v) is 6.04. The summed E-state index contributed by atoms with van der Waals surface area (Å²) in [6.07, 6.45) is 9.75. The first-order valence-corrected chi connectivity index (χ1v) is 11.7. The van der Waals surface area contributed by atoms with Gasteiger partial charge in [-0.25, -0.2) is 8.42 Å². The van der Waals surface area contributed by atoms with Crippen LogP contribution in [0.1, 0.15) is 73.7 Å². The zero-order valence-electron chi connectivity index (χ0n) is 16.6. The van der Waals surface area contributed by atoms with Gasteiger partial charge in [-0.2, -0.15) is 4.31 Å². The molecule has 5 nitrogen and oxygen atoms in total. The molecule has 0 radical (unpaired) electrons. The Balaban J connectivity index is 1.84. The molecule has 0 atom stereocenters. The fourth-order valence-electron chi connectivity index (χ4n) is 4.27. The van der Waals surface area contributed by atoms with Crippen molar-refractivity contribution in [3.05, 3.63) is 29.3 Å². The molecular weight excluding hydrogens is 360 g/mol. The van der Waals surface area contributed by atoms with Crippen LogP contribution in [-0.4, -0.2) is 49.7 Å². The second kappa shape index (κ2) is 8.74. The van der Waals surface area contributed by atoms with Gasteiger partial charge in [0.2, 0.25) is 10.0 Å². The highest BCUT2D eigenvalue weighted by atomic mass is 32.2. The van der Waals surface area contributed by atoms with Crippen molar-refractivity contribution >= 4 is 15.9 Å². The van der Waals surface area contributed by atoms with Crippen molar-refractivity contribution in [1.82, 2.24) is 9.21 Å². The molecular formula is C21H32N2O3S. The van der Waals surface area contributed by atoms with Crippen LogP contribution in [-0.2, 0) is 10.0 Å². The number of benzene rings is 1. The Labute approximate surface area is 163 Å². The van der Waals surface area contributed by atoms with Gasteiger partial charge in [-0.1, -0.05) is 38.2 Å². The summed E-state index contributed by atoms with van der Waals surface area (Å²) in [5, 5.41) is 0. The van der Waals surface area contributed by atoms with E-state index in [2.05, 4.69) is 0 Å². The minimum atomic E-state index is -3.54. The molecule has 0 unspecified atom stereocenters. The average Bonchev–Trinajstić information content (AvgIpc) is 2.97. The number of rotatable bonds is 4. The molecule has 0 aromatic heterocycles. The average molecular weight is 393 g/mol. The van der Waals surface area contributed by atoms with Crippen molar-refractivity contribution in [2.24, 2.45) is 0 Å². The molecule has 1 aliphatic carbocycles. The first-order valence-electron chi connectivity index (χ1n) is 10.3. The van der Waals surface area contributed by atoms with Crippen LogP contribution in [0.25, 0.3) is 0 Å². The number of piperidine rings is 1. The number of aryl methyl sites for hydroxylation is 1. The van der Waals surface area contributed by atoms with Crippen molar-refractivity contribution in [2.45, 2.75) is 75.6 Å². The van der Waals surface area contributed by atoms with Crippen LogP contribution in [0.2, 0.25) is 0 Å². The number of hydrogen-bond acceptors (Lipinski definition) is 3. The van der Waals surface area contributed by atoms with Gasteiger partial charge in [-0.3, -0.25) is 4.79 Å². The van der Waals surface area contributed by atoms with E-state index >= 15 is 0 Å². The van der Waals surface area contributed by atoms with Crippen LogP contribution < -0.4 is 0 Å². The van der Waals surface area contributed by atoms with Crippen molar-refractivity contribution < 1.29 is 13.2 Å². The maximum absolute atomic E-state index is 13.1. The van der Waals surface area contributed by atoms with Crippen molar-refractivity contribution in [2.75, 3.05) is 20.1 Å². The zero-order chi connectivity index (χ0) is 19.4. The molecule has 27 heavy (non-hydrogen) atoms. The molecule has 0 bridgehead atoms. The lowest BCUT2D eigenvalue weighted by Crippen LogP contribution is -2.37. The summed E-state index contributed by atoms with van der Waals surface area (Å²) in [6, 6.07) is 5.38. The maximum atomic E-state index is 13.1. The number of sulfonamides is 1. The van der Waals surface area contributed by atoms with Gasteiger partial charge in [-0.15, -0.1) is 0 Å². The Kier molecular flexibility index (Phi) is 6.58. The van der Waals surface area contributed by atoms with Gasteiger partial charge in [0.15, 0.2) is 0 Å². The first-order chi connectivity index (χ1) is 12.9. The third-order valence-corrected chi connectivity index (χ3v) is 8.10. The lowest BCUT2D eigenvalue weighted by Gasteiger charge is -2.28. The highest BCUT2D eigenvalue weighted by Crippen LogP contribution is 2.26. The molecule has 0 N–H and O–H groups in total. The molecule has 1 aromatic carbocycles.